The predicted octanol–water partition coefficient (Wildman–Crippen LogP) is -0.607. The lowest BCUT2D eigenvalue weighted by atomic mass is 10.6. The zero-order valence-corrected chi connectivity index (χ0v) is 4.41. The molecule has 3 radical (unpaired) electrons. The molecule has 0 spiro atoms. The second-order valence-corrected chi connectivity index (χ2v) is 0.569. The molecule has 0 rings (SSSR count). The van der Waals surface area contributed by atoms with Crippen molar-refractivity contribution in [2.75, 3.05) is 0 Å². The molecule has 0 unspecified atom stereocenters. The summed E-state index contributed by atoms with van der Waals surface area (Å²) in [4.78, 5) is 18.3. The highest BCUT2D eigenvalue weighted by Crippen LogP contribution is 1.50. The van der Waals surface area contributed by atoms with E-state index in [4.69, 9.17) is 0 Å². The number of carbonyl (C=O) groups is 2. The van der Waals surface area contributed by atoms with Crippen molar-refractivity contribution in [1.82, 2.24) is 0 Å². The van der Waals surface area contributed by atoms with Gasteiger partial charge in [0.1, 0.15) is 12.6 Å². The Morgan fingerprint density at radius 3 is 1.50 bits per heavy atom. The van der Waals surface area contributed by atoms with Gasteiger partial charge in [-0.1, -0.05) is 0 Å². The Bertz CT molecular complexity index is 38.1. The first-order chi connectivity index (χ1) is 2.41. The van der Waals surface area contributed by atoms with Crippen LogP contribution in [0.4, 0.5) is 0 Å². The SMILES string of the molecule is O=CCC=O.[Al]. The summed E-state index contributed by atoms with van der Waals surface area (Å²) in [5.74, 6) is 0. The topological polar surface area (TPSA) is 34.1 Å². The monoisotopic (exact) mass is 99.0 g/mol. The normalized spacial score (nSPS) is 5.33. The van der Waals surface area contributed by atoms with Gasteiger partial charge in [0.05, 0.1) is 6.42 Å². The van der Waals surface area contributed by atoms with E-state index in [0.717, 1.165) is 0 Å². The molecule has 0 atom stereocenters. The molecule has 0 aromatic carbocycles. The number of hydrogen-bond acceptors (Lipinski definition) is 2. The van der Waals surface area contributed by atoms with E-state index in [-0.39, 0.29) is 23.8 Å². The van der Waals surface area contributed by atoms with Crippen LogP contribution < -0.4 is 0 Å². The van der Waals surface area contributed by atoms with Crippen LogP contribution in [0.3, 0.4) is 0 Å². The van der Waals surface area contributed by atoms with Crippen molar-refractivity contribution in [2.24, 2.45) is 0 Å². The van der Waals surface area contributed by atoms with Crippen molar-refractivity contribution in [3.63, 3.8) is 0 Å². The summed E-state index contributed by atoms with van der Waals surface area (Å²) in [7, 11) is 0. The third kappa shape index (κ3) is 9.11. The van der Waals surface area contributed by atoms with E-state index >= 15 is 0 Å². The number of hydrogen-bond donors (Lipinski definition) is 0. The highest BCUT2D eigenvalue weighted by atomic mass is 27.0. The molecule has 0 N–H and O–H groups in total. The van der Waals surface area contributed by atoms with Crippen LogP contribution in [0.5, 0.6) is 0 Å². The lowest BCUT2D eigenvalue weighted by Gasteiger charge is -1.53. The molecule has 31 valence electrons. The van der Waals surface area contributed by atoms with Crippen LogP contribution in [-0.2, 0) is 9.59 Å². The van der Waals surface area contributed by atoms with Crippen molar-refractivity contribution in [3.8, 4) is 0 Å². The van der Waals surface area contributed by atoms with E-state index in [1.165, 1.54) is 0 Å². The average molecular weight is 99.0 g/mol. The fourth-order valence-electron chi connectivity index (χ4n) is 0.0393. The van der Waals surface area contributed by atoms with Crippen LogP contribution in [0.1, 0.15) is 6.42 Å². The minimum absolute atomic E-state index is 0. The van der Waals surface area contributed by atoms with E-state index in [0.29, 0.717) is 12.6 Å². The van der Waals surface area contributed by atoms with Gasteiger partial charge < -0.3 is 9.59 Å². The lowest BCUT2D eigenvalue weighted by Crippen LogP contribution is -1.69. The van der Waals surface area contributed by atoms with E-state index < -0.39 is 0 Å². The van der Waals surface area contributed by atoms with Crippen LogP contribution in [-0.4, -0.2) is 29.9 Å². The van der Waals surface area contributed by atoms with Crippen LogP contribution in [0, 0.1) is 0 Å². The third-order valence-corrected chi connectivity index (χ3v) is 0.192. The summed E-state index contributed by atoms with van der Waals surface area (Å²) >= 11 is 0. The Labute approximate surface area is 46.7 Å². The summed E-state index contributed by atoms with van der Waals surface area (Å²) < 4.78 is 0. The van der Waals surface area contributed by atoms with Gasteiger partial charge in [0.15, 0.2) is 0 Å². The lowest BCUT2D eigenvalue weighted by molar-refractivity contribution is -0.114. The third-order valence-electron chi connectivity index (χ3n) is 0.192. The first-order valence-electron chi connectivity index (χ1n) is 1.29. The first-order valence-corrected chi connectivity index (χ1v) is 1.29. The average Bonchev–Trinajstić information content (AvgIpc) is 1.41. The standard InChI is InChI=1S/C3H4O2.Al/c4-2-1-3-5;/h2-3H,1H2;. The van der Waals surface area contributed by atoms with Gasteiger partial charge in [0, 0.05) is 17.4 Å². The van der Waals surface area contributed by atoms with E-state index in [1.807, 2.05) is 0 Å². The summed E-state index contributed by atoms with van der Waals surface area (Å²) in [6.07, 6.45) is 1.15. The minimum Gasteiger partial charge on any atom is -0.303 e. The van der Waals surface area contributed by atoms with Gasteiger partial charge in [0.2, 0.25) is 0 Å². The van der Waals surface area contributed by atoms with Crippen LogP contribution >= 0.6 is 0 Å². The fraction of sp³-hybridized carbons (Fsp3) is 0.333. The Balaban J connectivity index is 0. The molecule has 0 aromatic heterocycles. The Morgan fingerprint density at radius 1 is 1.17 bits per heavy atom. The predicted molar refractivity (Wildman–Crippen MR) is 22.5 cm³/mol. The first kappa shape index (κ1) is 9.30. The number of rotatable bonds is 2. The highest BCUT2D eigenvalue weighted by Gasteiger charge is 1.65. The molecule has 0 saturated heterocycles. The zero-order chi connectivity index (χ0) is 4.12. The fourth-order valence-corrected chi connectivity index (χ4v) is 0.0393. The second kappa shape index (κ2) is 8.86. The molecule has 0 heterocycles. The summed E-state index contributed by atoms with van der Waals surface area (Å²) in [6, 6.07) is 0. The van der Waals surface area contributed by atoms with Gasteiger partial charge in [-0.05, 0) is 0 Å². The Kier molecular flexibility index (Phi) is 13.7. The molecule has 0 amide bonds. The van der Waals surface area contributed by atoms with E-state index in [2.05, 4.69) is 0 Å². The second-order valence-electron chi connectivity index (χ2n) is 0.569. The van der Waals surface area contributed by atoms with Crippen LogP contribution in [0.25, 0.3) is 0 Å². The summed E-state index contributed by atoms with van der Waals surface area (Å²) in [5, 5.41) is 0. The molecule has 0 fully saturated rings. The zero-order valence-electron chi connectivity index (χ0n) is 3.26. The molecule has 0 aliphatic carbocycles. The van der Waals surface area contributed by atoms with Gasteiger partial charge in [-0.25, -0.2) is 0 Å². The maximum Gasteiger partial charge on any atom is 0.127 e. The largest absolute Gasteiger partial charge is 0.303 e. The van der Waals surface area contributed by atoms with Gasteiger partial charge in [-0.3, -0.25) is 0 Å². The van der Waals surface area contributed by atoms with Gasteiger partial charge in [-0.2, -0.15) is 0 Å². The number of aldehydes is 2. The van der Waals surface area contributed by atoms with E-state index in [1.54, 1.807) is 0 Å². The van der Waals surface area contributed by atoms with Crippen molar-refractivity contribution < 1.29 is 9.59 Å². The van der Waals surface area contributed by atoms with Gasteiger partial charge in [0.25, 0.3) is 0 Å². The van der Waals surface area contributed by atoms with Crippen molar-refractivity contribution in [2.45, 2.75) is 6.42 Å². The van der Waals surface area contributed by atoms with Crippen LogP contribution in [0.2, 0.25) is 0 Å². The molecule has 0 aromatic rings. The maximum atomic E-state index is 9.17. The van der Waals surface area contributed by atoms with E-state index in [9.17, 15) is 9.59 Å². The molecule has 0 aliphatic rings. The molecule has 0 saturated carbocycles. The molecule has 6 heavy (non-hydrogen) atoms. The molecular weight excluding hydrogens is 95.0 g/mol. The Hall–Kier alpha value is -0.128. The summed E-state index contributed by atoms with van der Waals surface area (Å²) in [5.41, 5.74) is 0. The minimum atomic E-state index is 0. The van der Waals surface area contributed by atoms with Gasteiger partial charge in [-0.15, -0.1) is 0 Å². The molecule has 2 nitrogen and oxygen atoms in total. The molecular formula is C3H4AlO2. The maximum absolute atomic E-state index is 9.17. The molecule has 3 heteroatoms. The Morgan fingerprint density at radius 2 is 1.50 bits per heavy atom. The molecule has 0 aliphatic heterocycles. The molecule has 0 bridgehead atoms. The van der Waals surface area contributed by atoms with Crippen LogP contribution in [0.15, 0.2) is 0 Å². The number of carbonyl (C=O) groups excluding carboxylic acids is 2. The summed E-state index contributed by atoms with van der Waals surface area (Å²) in [6.45, 7) is 0. The highest BCUT2D eigenvalue weighted by molar-refractivity contribution is 5.75. The van der Waals surface area contributed by atoms with Crippen molar-refractivity contribution in [3.05, 3.63) is 0 Å². The smallest absolute Gasteiger partial charge is 0.127 e. The van der Waals surface area contributed by atoms with Gasteiger partial charge >= 0.3 is 0 Å². The van der Waals surface area contributed by atoms with Crippen molar-refractivity contribution >= 4 is 29.9 Å². The quantitative estimate of drug-likeness (QED) is 0.263. The van der Waals surface area contributed by atoms with Crippen molar-refractivity contribution in [1.29, 1.82) is 0 Å².